The number of halogens is 2. The highest BCUT2D eigenvalue weighted by Gasteiger charge is 2.32. The minimum absolute atomic E-state index is 0.322. The molecular formula is C13H15BrFNO3. The first-order valence-corrected chi connectivity index (χ1v) is 6.77. The van der Waals surface area contributed by atoms with Crippen molar-refractivity contribution in [3.63, 3.8) is 0 Å². The van der Waals surface area contributed by atoms with E-state index in [0.29, 0.717) is 31.9 Å². The van der Waals surface area contributed by atoms with Crippen LogP contribution in [0.2, 0.25) is 0 Å². The van der Waals surface area contributed by atoms with E-state index in [9.17, 15) is 9.18 Å². The lowest BCUT2D eigenvalue weighted by molar-refractivity contribution is -0.149. The molecule has 0 amide bonds. The fourth-order valence-electron chi connectivity index (χ4n) is 2.14. The molecule has 1 aromatic carbocycles. The van der Waals surface area contributed by atoms with Gasteiger partial charge in [0.2, 0.25) is 0 Å². The second kappa shape index (κ2) is 6.45. The van der Waals surface area contributed by atoms with Crippen LogP contribution >= 0.6 is 15.9 Å². The highest BCUT2D eigenvalue weighted by molar-refractivity contribution is 9.10. The first-order valence-electron chi connectivity index (χ1n) is 5.98. The van der Waals surface area contributed by atoms with Gasteiger partial charge in [-0.2, -0.15) is 0 Å². The van der Waals surface area contributed by atoms with Crippen LogP contribution in [0.3, 0.4) is 0 Å². The lowest BCUT2D eigenvalue weighted by Gasteiger charge is -2.33. The molecular weight excluding hydrogens is 317 g/mol. The lowest BCUT2D eigenvalue weighted by atomic mass is 10.0. The summed E-state index contributed by atoms with van der Waals surface area (Å²) in [6.45, 7) is 2.21. The molecule has 0 aliphatic carbocycles. The van der Waals surface area contributed by atoms with Crippen molar-refractivity contribution in [3.05, 3.63) is 34.1 Å². The van der Waals surface area contributed by atoms with Crippen LogP contribution in [0.15, 0.2) is 22.7 Å². The molecule has 1 unspecified atom stereocenters. The van der Waals surface area contributed by atoms with Gasteiger partial charge in [-0.1, -0.05) is 15.9 Å². The van der Waals surface area contributed by atoms with Gasteiger partial charge in [0.15, 0.2) is 0 Å². The van der Waals surface area contributed by atoms with Crippen LogP contribution in [0, 0.1) is 5.82 Å². The van der Waals surface area contributed by atoms with Gasteiger partial charge in [0.1, 0.15) is 11.9 Å². The molecule has 19 heavy (non-hydrogen) atoms. The summed E-state index contributed by atoms with van der Waals surface area (Å²) in [4.78, 5) is 13.9. The maximum Gasteiger partial charge on any atom is 0.327 e. The zero-order valence-corrected chi connectivity index (χ0v) is 12.2. The molecule has 4 nitrogen and oxygen atoms in total. The van der Waals surface area contributed by atoms with Gasteiger partial charge in [0.05, 0.1) is 20.3 Å². The van der Waals surface area contributed by atoms with E-state index in [1.165, 1.54) is 13.2 Å². The van der Waals surface area contributed by atoms with E-state index in [1.54, 1.807) is 12.1 Å². The van der Waals surface area contributed by atoms with E-state index in [-0.39, 0.29) is 0 Å². The first kappa shape index (κ1) is 14.4. The maximum absolute atomic E-state index is 14.0. The quantitative estimate of drug-likeness (QED) is 0.795. The van der Waals surface area contributed by atoms with E-state index >= 15 is 0 Å². The third-order valence-corrected chi connectivity index (χ3v) is 3.58. The minimum atomic E-state index is -0.730. The van der Waals surface area contributed by atoms with Crippen LogP contribution in [0.4, 0.5) is 4.39 Å². The second-order valence-electron chi connectivity index (χ2n) is 4.24. The Kier molecular flexibility index (Phi) is 4.90. The van der Waals surface area contributed by atoms with Gasteiger partial charge in [0, 0.05) is 23.1 Å². The fourth-order valence-corrected chi connectivity index (χ4v) is 2.52. The summed E-state index contributed by atoms with van der Waals surface area (Å²) in [6, 6.07) is 3.83. The van der Waals surface area contributed by atoms with E-state index in [0.717, 1.165) is 4.47 Å². The standard InChI is InChI=1S/C13H15BrFNO3/c1-18-13(17)12(16-4-6-19-7-5-16)10-8-9(14)2-3-11(10)15/h2-3,8,12H,4-7H2,1H3. The smallest absolute Gasteiger partial charge is 0.327 e. The summed E-state index contributed by atoms with van der Waals surface area (Å²) >= 11 is 3.30. The Labute approximate surface area is 119 Å². The number of methoxy groups -OCH3 is 1. The number of nitrogens with zero attached hydrogens (tertiary/aromatic N) is 1. The van der Waals surface area contributed by atoms with Crippen molar-refractivity contribution in [2.75, 3.05) is 33.4 Å². The summed E-state index contributed by atoms with van der Waals surface area (Å²) in [5, 5.41) is 0. The van der Waals surface area contributed by atoms with Crippen LogP contribution in [-0.4, -0.2) is 44.3 Å². The molecule has 104 valence electrons. The van der Waals surface area contributed by atoms with Gasteiger partial charge >= 0.3 is 5.97 Å². The predicted octanol–water partition coefficient (Wildman–Crippen LogP) is 2.13. The topological polar surface area (TPSA) is 38.8 Å². The Bertz CT molecular complexity index is 463. The van der Waals surface area contributed by atoms with Crippen molar-refractivity contribution in [2.45, 2.75) is 6.04 Å². The number of benzene rings is 1. The molecule has 1 aliphatic rings. The Hall–Kier alpha value is -0.980. The van der Waals surface area contributed by atoms with Crippen LogP contribution in [0.25, 0.3) is 0 Å². The van der Waals surface area contributed by atoms with Gasteiger partial charge in [0.25, 0.3) is 0 Å². The number of rotatable bonds is 3. The zero-order valence-electron chi connectivity index (χ0n) is 10.6. The average Bonchev–Trinajstić information content (AvgIpc) is 2.44. The molecule has 0 saturated carbocycles. The fraction of sp³-hybridized carbons (Fsp3) is 0.462. The van der Waals surface area contributed by atoms with Crippen LogP contribution in [-0.2, 0) is 14.3 Å². The molecule has 0 bridgehead atoms. The highest BCUT2D eigenvalue weighted by atomic mass is 79.9. The number of ether oxygens (including phenoxy) is 2. The lowest BCUT2D eigenvalue weighted by Crippen LogP contribution is -2.42. The first-order chi connectivity index (χ1) is 9.13. The Morgan fingerprint density at radius 3 is 2.79 bits per heavy atom. The zero-order chi connectivity index (χ0) is 13.8. The molecule has 1 fully saturated rings. The molecule has 0 N–H and O–H groups in total. The van der Waals surface area contributed by atoms with Gasteiger partial charge in [-0.3, -0.25) is 4.90 Å². The van der Waals surface area contributed by atoms with Crippen molar-refractivity contribution >= 4 is 21.9 Å². The van der Waals surface area contributed by atoms with Crippen molar-refractivity contribution in [2.24, 2.45) is 0 Å². The third-order valence-electron chi connectivity index (χ3n) is 3.09. The van der Waals surface area contributed by atoms with Crippen LogP contribution in [0.1, 0.15) is 11.6 Å². The minimum Gasteiger partial charge on any atom is -0.468 e. The van der Waals surface area contributed by atoms with Crippen molar-refractivity contribution in [3.8, 4) is 0 Å². The van der Waals surface area contributed by atoms with E-state index in [2.05, 4.69) is 15.9 Å². The molecule has 6 heteroatoms. The second-order valence-corrected chi connectivity index (χ2v) is 5.16. The SMILES string of the molecule is COC(=O)C(c1cc(Br)ccc1F)N1CCOCC1. The summed E-state index contributed by atoms with van der Waals surface area (Å²) in [6.07, 6.45) is 0. The van der Waals surface area contributed by atoms with Crippen molar-refractivity contribution in [1.29, 1.82) is 0 Å². The molecule has 1 aliphatic heterocycles. The predicted molar refractivity (Wildman–Crippen MR) is 71.2 cm³/mol. The molecule has 2 rings (SSSR count). The number of morpholine rings is 1. The van der Waals surface area contributed by atoms with E-state index in [4.69, 9.17) is 9.47 Å². The number of esters is 1. The van der Waals surface area contributed by atoms with Crippen LogP contribution in [0.5, 0.6) is 0 Å². The number of carbonyl (C=O) groups excluding carboxylic acids is 1. The Morgan fingerprint density at radius 2 is 2.16 bits per heavy atom. The molecule has 0 spiro atoms. The molecule has 1 aromatic rings. The van der Waals surface area contributed by atoms with Gasteiger partial charge in [-0.05, 0) is 18.2 Å². The third kappa shape index (κ3) is 3.32. The number of hydrogen-bond donors (Lipinski definition) is 0. The normalized spacial score (nSPS) is 18.1. The molecule has 1 atom stereocenters. The highest BCUT2D eigenvalue weighted by Crippen LogP contribution is 2.28. The van der Waals surface area contributed by atoms with E-state index < -0.39 is 17.8 Å². The molecule has 0 radical (unpaired) electrons. The number of hydrogen-bond acceptors (Lipinski definition) is 4. The summed E-state index contributed by atoms with van der Waals surface area (Å²) in [5.74, 6) is -0.871. The van der Waals surface area contributed by atoms with E-state index in [1.807, 2.05) is 4.90 Å². The van der Waals surface area contributed by atoms with Crippen LogP contribution < -0.4 is 0 Å². The van der Waals surface area contributed by atoms with Gasteiger partial charge in [-0.15, -0.1) is 0 Å². The number of carbonyl (C=O) groups is 1. The monoisotopic (exact) mass is 331 g/mol. The van der Waals surface area contributed by atoms with Gasteiger partial charge in [-0.25, -0.2) is 9.18 Å². The van der Waals surface area contributed by atoms with Gasteiger partial charge < -0.3 is 9.47 Å². The average molecular weight is 332 g/mol. The Morgan fingerprint density at radius 1 is 1.47 bits per heavy atom. The molecule has 1 heterocycles. The summed E-state index contributed by atoms with van der Waals surface area (Å²) in [5.41, 5.74) is 0.322. The molecule has 1 saturated heterocycles. The maximum atomic E-state index is 14.0. The van der Waals surface area contributed by atoms with Crippen molar-refractivity contribution in [1.82, 2.24) is 4.90 Å². The summed E-state index contributed by atoms with van der Waals surface area (Å²) in [7, 11) is 1.31. The Balaban J connectivity index is 2.36. The largest absolute Gasteiger partial charge is 0.468 e. The molecule has 0 aromatic heterocycles. The van der Waals surface area contributed by atoms with Crippen molar-refractivity contribution < 1.29 is 18.7 Å². The summed E-state index contributed by atoms with van der Waals surface area (Å²) < 4.78 is 24.8.